The van der Waals surface area contributed by atoms with Gasteiger partial charge in [0.15, 0.2) is 0 Å². The van der Waals surface area contributed by atoms with Crippen LogP contribution < -0.4 is 4.74 Å². The Balaban J connectivity index is 0.000000745. The molecule has 0 N–H and O–H groups in total. The van der Waals surface area contributed by atoms with Crippen LogP contribution in [0.3, 0.4) is 0 Å². The predicted molar refractivity (Wildman–Crippen MR) is 86.3 cm³/mol. The minimum absolute atomic E-state index is 0.516. The molecule has 0 amide bonds. The topological polar surface area (TPSA) is 40.6 Å². The van der Waals surface area contributed by atoms with Crippen LogP contribution in [0.2, 0.25) is 0 Å². The van der Waals surface area contributed by atoms with E-state index < -0.39 is 0 Å². The van der Waals surface area contributed by atoms with E-state index in [1.165, 1.54) is 0 Å². The molecule has 4 nitrogen and oxygen atoms in total. The van der Waals surface area contributed by atoms with Crippen molar-refractivity contribution < 1.29 is 27.3 Å². The third kappa shape index (κ3) is 7.63. The number of halogens is 2. The number of ether oxygens (including phenoxy) is 3. The molecule has 2 rings (SSSR count). The van der Waals surface area contributed by atoms with Gasteiger partial charge < -0.3 is 14.2 Å². The average molecular weight is 396 g/mol. The normalized spacial score (nSPS) is 10.3. The van der Waals surface area contributed by atoms with Gasteiger partial charge in [-0.15, -0.1) is 0 Å². The molecule has 1 aromatic heterocycles. The quantitative estimate of drug-likeness (QED) is 0.499. The SMILES string of the molecule is CCOCCOCCOc1cccc2cccnc12.[Cl][Cu][Cl]. The molecule has 2 aromatic rings. The van der Waals surface area contributed by atoms with Gasteiger partial charge in [0, 0.05) is 18.2 Å². The van der Waals surface area contributed by atoms with E-state index in [0.717, 1.165) is 36.4 Å². The molecule has 0 saturated carbocycles. The minimum atomic E-state index is 0.516. The zero-order chi connectivity index (χ0) is 16.0. The molecule has 127 valence electrons. The Morgan fingerprint density at radius 2 is 1.68 bits per heavy atom. The zero-order valence-corrected chi connectivity index (χ0v) is 14.7. The maximum atomic E-state index is 5.70. The molecular weight excluding hydrogens is 377 g/mol. The fraction of sp³-hybridized carbons (Fsp3) is 0.400. The van der Waals surface area contributed by atoms with Crippen molar-refractivity contribution in [3.8, 4) is 5.75 Å². The first-order valence-electron chi connectivity index (χ1n) is 6.76. The Morgan fingerprint density at radius 1 is 1.00 bits per heavy atom. The second kappa shape index (κ2) is 12.9. The van der Waals surface area contributed by atoms with Crippen molar-refractivity contribution in [1.29, 1.82) is 0 Å². The molecule has 7 heteroatoms. The van der Waals surface area contributed by atoms with Crippen LogP contribution in [0.25, 0.3) is 10.9 Å². The molecule has 0 aliphatic rings. The van der Waals surface area contributed by atoms with Gasteiger partial charge in [0.1, 0.15) is 17.9 Å². The van der Waals surface area contributed by atoms with Crippen molar-refractivity contribution in [1.82, 2.24) is 4.98 Å². The molecule has 0 spiro atoms. The number of rotatable bonds is 8. The molecule has 0 aliphatic heterocycles. The summed E-state index contributed by atoms with van der Waals surface area (Å²) in [7, 11) is 9.34. The fourth-order valence-corrected chi connectivity index (χ4v) is 1.77. The van der Waals surface area contributed by atoms with Crippen molar-refractivity contribution in [2.75, 3.05) is 33.0 Å². The van der Waals surface area contributed by atoms with Crippen LogP contribution in [-0.4, -0.2) is 38.0 Å². The van der Waals surface area contributed by atoms with E-state index >= 15 is 0 Å². The Hall–Kier alpha value is -0.551. The summed E-state index contributed by atoms with van der Waals surface area (Å²) in [5.74, 6) is 0.798. The van der Waals surface area contributed by atoms with E-state index in [-0.39, 0.29) is 0 Å². The molecule has 1 aromatic carbocycles. The Morgan fingerprint density at radius 3 is 2.45 bits per heavy atom. The molecule has 0 aliphatic carbocycles. The summed E-state index contributed by atoms with van der Waals surface area (Å²) >= 11 is 0.757. The average Bonchev–Trinajstić information content (AvgIpc) is 2.55. The first-order chi connectivity index (χ1) is 10.8. The van der Waals surface area contributed by atoms with Crippen LogP contribution in [0.4, 0.5) is 0 Å². The molecule has 0 fully saturated rings. The van der Waals surface area contributed by atoms with Gasteiger partial charge >= 0.3 is 33.3 Å². The van der Waals surface area contributed by atoms with Gasteiger partial charge in [-0.1, -0.05) is 18.2 Å². The number of para-hydroxylation sites is 1. The van der Waals surface area contributed by atoms with Gasteiger partial charge in [0.2, 0.25) is 0 Å². The predicted octanol–water partition coefficient (Wildman–Crippen LogP) is 4.04. The van der Waals surface area contributed by atoms with E-state index in [2.05, 4.69) is 25.2 Å². The molecule has 0 atom stereocenters. The third-order valence-electron chi connectivity index (χ3n) is 2.66. The number of hydrogen-bond acceptors (Lipinski definition) is 4. The van der Waals surface area contributed by atoms with Gasteiger partial charge in [0.05, 0.1) is 19.8 Å². The first kappa shape index (κ1) is 19.5. The number of nitrogens with zero attached hydrogens (tertiary/aromatic N) is 1. The van der Waals surface area contributed by atoms with Crippen LogP contribution in [0.5, 0.6) is 5.75 Å². The Labute approximate surface area is 145 Å². The van der Waals surface area contributed by atoms with E-state index in [1.807, 2.05) is 37.3 Å². The van der Waals surface area contributed by atoms with Crippen LogP contribution >= 0.6 is 20.2 Å². The standard InChI is InChI=1S/C15H19NO3.2ClH.Cu/c1-2-17-9-10-18-11-12-19-14-7-3-5-13-6-4-8-16-15(13)14;;;/h3-8H,2,9-12H2,1H3;2*1H;/q;;;+2/p-2. The summed E-state index contributed by atoms with van der Waals surface area (Å²) in [6.07, 6.45) is 1.77. The second-order valence-corrected chi connectivity index (χ2v) is 5.59. The van der Waals surface area contributed by atoms with Gasteiger partial charge in [-0.3, -0.25) is 4.98 Å². The summed E-state index contributed by atoms with van der Waals surface area (Å²) < 4.78 is 16.3. The summed E-state index contributed by atoms with van der Waals surface area (Å²) in [6, 6.07) is 9.86. The number of hydrogen-bond donors (Lipinski definition) is 0. The number of benzene rings is 1. The summed E-state index contributed by atoms with van der Waals surface area (Å²) in [6.45, 7) is 4.99. The van der Waals surface area contributed by atoms with Crippen LogP contribution in [0.15, 0.2) is 36.5 Å². The number of pyridine rings is 1. The second-order valence-electron chi connectivity index (χ2n) is 4.03. The van der Waals surface area contributed by atoms with Crippen molar-refractivity contribution in [3.05, 3.63) is 36.5 Å². The summed E-state index contributed by atoms with van der Waals surface area (Å²) in [4.78, 5) is 4.33. The molecule has 0 bridgehead atoms. The van der Waals surface area contributed by atoms with Gasteiger partial charge in [0.25, 0.3) is 0 Å². The third-order valence-corrected chi connectivity index (χ3v) is 2.66. The van der Waals surface area contributed by atoms with Gasteiger partial charge in [-0.2, -0.15) is 0 Å². The van der Waals surface area contributed by atoms with E-state index in [0.29, 0.717) is 26.4 Å². The first-order valence-corrected chi connectivity index (χ1v) is 9.35. The van der Waals surface area contributed by atoms with E-state index in [9.17, 15) is 0 Å². The van der Waals surface area contributed by atoms with Crippen LogP contribution in [0, 0.1) is 0 Å². The van der Waals surface area contributed by atoms with E-state index in [4.69, 9.17) is 14.2 Å². The molecule has 0 saturated heterocycles. The van der Waals surface area contributed by atoms with Gasteiger partial charge in [-0.05, 0) is 19.1 Å². The zero-order valence-electron chi connectivity index (χ0n) is 12.2. The molecular formula is C15H19Cl2CuNO3. The molecule has 0 radical (unpaired) electrons. The molecule has 1 heterocycles. The summed E-state index contributed by atoms with van der Waals surface area (Å²) in [5.41, 5.74) is 0.888. The van der Waals surface area contributed by atoms with Crippen molar-refractivity contribution in [2.45, 2.75) is 6.92 Å². The number of aromatic nitrogens is 1. The fourth-order valence-electron chi connectivity index (χ4n) is 1.77. The molecule has 22 heavy (non-hydrogen) atoms. The maximum absolute atomic E-state index is 5.70. The Bertz CT molecular complexity index is 526. The van der Waals surface area contributed by atoms with Crippen molar-refractivity contribution >= 4 is 31.1 Å². The molecule has 0 unspecified atom stereocenters. The monoisotopic (exact) mass is 394 g/mol. The van der Waals surface area contributed by atoms with Gasteiger partial charge in [-0.25, -0.2) is 0 Å². The summed E-state index contributed by atoms with van der Waals surface area (Å²) in [5, 5.41) is 1.08. The van der Waals surface area contributed by atoms with Crippen LogP contribution in [0.1, 0.15) is 6.92 Å². The Kier molecular flexibility index (Phi) is 11.5. The van der Waals surface area contributed by atoms with Crippen molar-refractivity contribution in [2.24, 2.45) is 0 Å². The van der Waals surface area contributed by atoms with Crippen molar-refractivity contribution in [3.63, 3.8) is 0 Å². The van der Waals surface area contributed by atoms with Crippen LogP contribution in [-0.2, 0) is 22.6 Å². The van der Waals surface area contributed by atoms with E-state index in [1.54, 1.807) is 6.20 Å². The number of fused-ring (bicyclic) bond motifs is 1.